The summed E-state index contributed by atoms with van der Waals surface area (Å²) in [5.41, 5.74) is 5.85. The van der Waals surface area contributed by atoms with Gasteiger partial charge in [0.05, 0.1) is 6.04 Å². The van der Waals surface area contributed by atoms with Crippen LogP contribution in [0.15, 0.2) is 0 Å². The van der Waals surface area contributed by atoms with Crippen LogP contribution in [0.4, 0.5) is 0 Å². The summed E-state index contributed by atoms with van der Waals surface area (Å²) in [7, 11) is 0. The molecule has 0 heterocycles. The third-order valence-corrected chi connectivity index (χ3v) is 3.22. The molecule has 0 spiro atoms. The highest BCUT2D eigenvalue weighted by atomic mass is 16.1. The fourth-order valence-electron chi connectivity index (χ4n) is 2.17. The maximum Gasteiger partial charge on any atom is 0.152 e. The Balaban J connectivity index is 1.88. The van der Waals surface area contributed by atoms with Gasteiger partial charge in [0.25, 0.3) is 0 Å². The summed E-state index contributed by atoms with van der Waals surface area (Å²) in [6.07, 6.45) is 7.01. The number of Topliss-reactive ketones (excluding diaryl/α,β-unsaturated/α-hetero) is 1. The van der Waals surface area contributed by atoms with Crippen LogP contribution in [0.1, 0.15) is 38.5 Å². The van der Waals surface area contributed by atoms with Crippen molar-refractivity contribution in [2.45, 2.75) is 44.6 Å². The molecule has 0 aromatic carbocycles. The van der Waals surface area contributed by atoms with Gasteiger partial charge in [0.2, 0.25) is 0 Å². The van der Waals surface area contributed by atoms with E-state index in [0.717, 1.165) is 12.8 Å². The zero-order valence-corrected chi connectivity index (χ0v) is 7.46. The lowest BCUT2D eigenvalue weighted by atomic mass is 9.94. The number of nitrogens with two attached hydrogens (primary N) is 1. The van der Waals surface area contributed by atoms with Gasteiger partial charge in [-0.25, -0.2) is 0 Å². The van der Waals surface area contributed by atoms with Crippen LogP contribution in [-0.2, 0) is 4.79 Å². The second-order valence-corrected chi connectivity index (χ2v) is 4.25. The van der Waals surface area contributed by atoms with Crippen LogP contribution in [0.5, 0.6) is 0 Å². The number of ketones is 1. The quantitative estimate of drug-likeness (QED) is 0.692. The Labute approximate surface area is 73.5 Å². The van der Waals surface area contributed by atoms with E-state index in [0.29, 0.717) is 17.6 Å². The number of carbonyl (C=O) groups is 1. The third-order valence-electron chi connectivity index (χ3n) is 3.22. The molecule has 2 N–H and O–H groups in total. The molecule has 12 heavy (non-hydrogen) atoms. The van der Waals surface area contributed by atoms with Crippen molar-refractivity contribution in [3.8, 4) is 0 Å². The number of carbonyl (C=O) groups excluding carboxylic acids is 1. The summed E-state index contributed by atoms with van der Waals surface area (Å²) in [6.45, 7) is 0. The molecule has 2 heteroatoms. The van der Waals surface area contributed by atoms with Gasteiger partial charge in [-0.3, -0.25) is 4.79 Å². The van der Waals surface area contributed by atoms with Crippen LogP contribution in [0.25, 0.3) is 0 Å². The Bertz CT molecular complexity index is 176. The standard InChI is InChI=1S/C10H17NO/c11-9(7-5-6-7)10(12)8-3-1-2-4-8/h7-9H,1-6,11H2. The first kappa shape index (κ1) is 8.24. The summed E-state index contributed by atoms with van der Waals surface area (Å²) < 4.78 is 0. The van der Waals surface area contributed by atoms with E-state index in [1.807, 2.05) is 0 Å². The van der Waals surface area contributed by atoms with Gasteiger partial charge in [-0.1, -0.05) is 12.8 Å². The van der Waals surface area contributed by atoms with Gasteiger partial charge >= 0.3 is 0 Å². The van der Waals surface area contributed by atoms with Gasteiger partial charge in [0.1, 0.15) is 0 Å². The second kappa shape index (κ2) is 3.17. The molecule has 2 saturated carbocycles. The van der Waals surface area contributed by atoms with Crippen LogP contribution in [-0.4, -0.2) is 11.8 Å². The van der Waals surface area contributed by atoms with Crippen LogP contribution in [0.3, 0.4) is 0 Å². The maximum atomic E-state index is 11.7. The molecule has 0 amide bonds. The van der Waals surface area contributed by atoms with E-state index in [9.17, 15) is 4.79 Å². The second-order valence-electron chi connectivity index (χ2n) is 4.25. The molecule has 1 unspecified atom stereocenters. The van der Waals surface area contributed by atoms with E-state index < -0.39 is 0 Å². The van der Waals surface area contributed by atoms with Crippen molar-refractivity contribution >= 4 is 5.78 Å². The van der Waals surface area contributed by atoms with Gasteiger partial charge in [-0.2, -0.15) is 0 Å². The smallest absolute Gasteiger partial charge is 0.152 e. The van der Waals surface area contributed by atoms with Crippen molar-refractivity contribution in [2.24, 2.45) is 17.6 Å². The molecular formula is C10H17NO. The molecule has 0 radical (unpaired) electrons. The predicted molar refractivity (Wildman–Crippen MR) is 47.7 cm³/mol. The zero-order chi connectivity index (χ0) is 8.55. The molecule has 2 aliphatic carbocycles. The van der Waals surface area contributed by atoms with Crippen molar-refractivity contribution < 1.29 is 4.79 Å². The highest BCUT2D eigenvalue weighted by Crippen LogP contribution is 2.35. The van der Waals surface area contributed by atoms with Gasteiger partial charge in [-0.05, 0) is 31.6 Å². The lowest BCUT2D eigenvalue weighted by Gasteiger charge is -2.13. The third kappa shape index (κ3) is 1.53. The van der Waals surface area contributed by atoms with Crippen molar-refractivity contribution in [3.63, 3.8) is 0 Å². The fraction of sp³-hybridized carbons (Fsp3) is 0.900. The molecule has 0 aliphatic heterocycles. The molecule has 0 saturated heterocycles. The minimum absolute atomic E-state index is 0.118. The van der Waals surface area contributed by atoms with E-state index in [1.54, 1.807) is 0 Å². The first-order valence-corrected chi connectivity index (χ1v) is 5.08. The van der Waals surface area contributed by atoms with Gasteiger partial charge in [0, 0.05) is 5.92 Å². The zero-order valence-electron chi connectivity index (χ0n) is 7.46. The van der Waals surface area contributed by atoms with Crippen LogP contribution >= 0.6 is 0 Å². The Kier molecular flexibility index (Phi) is 2.18. The van der Waals surface area contributed by atoms with Crippen LogP contribution < -0.4 is 5.73 Å². The topological polar surface area (TPSA) is 43.1 Å². The molecular weight excluding hydrogens is 150 g/mol. The molecule has 0 bridgehead atoms. The van der Waals surface area contributed by atoms with Crippen LogP contribution in [0.2, 0.25) is 0 Å². The van der Waals surface area contributed by atoms with E-state index in [4.69, 9.17) is 5.73 Å². The van der Waals surface area contributed by atoms with Crippen molar-refractivity contribution in [1.29, 1.82) is 0 Å². The van der Waals surface area contributed by atoms with E-state index >= 15 is 0 Å². The Morgan fingerprint density at radius 2 is 1.75 bits per heavy atom. The minimum atomic E-state index is -0.118. The normalized spacial score (nSPS) is 27.4. The Hall–Kier alpha value is -0.370. The SMILES string of the molecule is NC(C(=O)C1CCCC1)C1CC1. The summed E-state index contributed by atoms with van der Waals surface area (Å²) >= 11 is 0. The highest BCUT2D eigenvalue weighted by Gasteiger charge is 2.36. The molecule has 2 fully saturated rings. The van der Waals surface area contributed by atoms with Crippen molar-refractivity contribution in [1.82, 2.24) is 0 Å². The highest BCUT2D eigenvalue weighted by molar-refractivity contribution is 5.86. The van der Waals surface area contributed by atoms with E-state index in [-0.39, 0.29) is 6.04 Å². The lowest BCUT2D eigenvalue weighted by molar-refractivity contribution is -0.124. The fourth-order valence-corrected chi connectivity index (χ4v) is 2.17. The molecule has 68 valence electrons. The maximum absolute atomic E-state index is 11.7. The molecule has 2 aliphatic rings. The first-order chi connectivity index (χ1) is 5.79. The van der Waals surface area contributed by atoms with Crippen molar-refractivity contribution in [3.05, 3.63) is 0 Å². The summed E-state index contributed by atoms with van der Waals surface area (Å²) in [6, 6.07) is -0.118. The minimum Gasteiger partial charge on any atom is -0.321 e. The van der Waals surface area contributed by atoms with E-state index in [1.165, 1.54) is 25.7 Å². The molecule has 0 aromatic heterocycles. The van der Waals surface area contributed by atoms with Crippen LogP contribution in [0, 0.1) is 11.8 Å². The lowest BCUT2D eigenvalue weighted by Crippen LogP contribution is -2.36. The van der Waals surface area contributed by atoms with Gasteiger partial charge in [-0.15, -0.1) is 0 Å². The van der Waals surface area contributed by atoms with Gasteiger partial charge in [0.15, 0.2) is 5.78 Å². The summed E-state index contributed by atoms with van der Waals surface area (Å²) in [5, 5.41) is 0. The number of hydrogen-bond acceptors (Lipinski definition) is 2. The molecule has 0 aromatic rings. The summed E-state index contributed by atoms with van der Waals surface area (Å²) in [5.74, 6) is 1.22. The number of hydrogen-bond donors (Lipinski definition) is 1. The first-order valence-electron chi connectivity index (χ1n) is 5.08. The molecule has 2 rings (SSSR count). The average molecular weight is 167 g/mol. The molecule has 2 nitrogen and oxygen atoms in total. The van der Waals surface area contributed by atoms with E-state index in [2.05, 4.69) is 0 Å². The van der Waals surface area contributed by atoms with Crippen molar-refractivity contribution in [2.75, 3.05) is 0 Å². The average Bonchev–Trinajstić information content (AvgIpc) is 2.79. The largest absolute Gasteiger partial charge is 0.321 e. The summed E-state index contributed by atoms with van der Waals surface area (Å²) in [4.78, 5) is 11.7. The monoisotopic (exact) mass is 167 g/mol. The number of rotatable bonds is 3. The predicted octanol–water partition coefficient (Wildman–Crippen LogP) is 1.48. The Morgan fingerprint density at radius 1 is 1.17 bits per heavy atom. The Morgan fingerprint density at radius 3 is 2.25 bits per heavy atom. The van der Waals surface area contributed by atoms with Gasteiger partial charge < -0.3 is 5.73 Å². The molecule has 1 atom stereocenters.